The van der Waals surface area contributed by atoms with Crippen molar-refractivity contribution in [2.24, 2.45) is 0 Å². The molecule has 0 N–H and O–H groups in total. The van der Waals surface area contributed by atoms with Crippen molar-refractivity contribution in [2.45, 2.75) is 26.4 Å². The van der Waals surface area contributed by atoms with Gasteiger partial charge in [0.15, 0.2) is 0 Å². The van der Waals surface area contributed by atoms with Gasteiger partial charge in [0, 0.05) is 0 Å². The average Bonchev–Trinajstić information content (AvgIpc) is 2.68. The molecule has 0 aromatic heterocycles. The number of benzene rings is 3. The molecule has 0 radical (unpaired) electrons. The molecule has 4 heteroatoms. The quantitative estimate of drug-likeness (QED) is 0.432. The Bertz CT molecular complexity index is 933. The summed E-state index contributed by atoms with van der Waals surface area (Å²) in [6, 6.07) is 27.6. The molecule has 2 nitrogen and oxygen atoms in total. The minimum absolute atomic E-state index is 0.355. The third-order valence-electron chi connectivity index (χ3n) is 4.84. The molecule has 0 atom stereocenters. The van der Waals surface area contributed by atoms with Gasteiger partial charge in [-0.1, -0.05) is 0 Å². The second-order valence-electron chi connectivity index (χ2n) is 8.12. The first-order valence-corrected chi connectivity index (χ1v) is 12.9. The monoisotopic (exact) mass is 412 g/mol. The number of hydrogen-bond donors (Lipinski definition) is 0. The van der Waals surface area contributed by atoms with Crippen molar-refractivity contribution in [1.29, 1.82) is 0 Å². The van der Waals surface area contributed by atoms with Crippen LogP contribution in [0.4, 0.5) is 0 Å². The van der Waals surface area contributed by atoms with E-state index in [9.17, 15) is 4.79 Å². The second kappa shape index (κ2) is 7.35. The van der Waals surface area contributed by atoms with E-state index >= 15 is 0 Å². The zero-order valence-electron chi connectivity index (χ0n) is 16.7. The maximum absolute atomic E-state index is 13.1. The summed E-state index contributed by atoms with van der Waals surface area (Å²) in [6.07, 6.45) is 0. The van der Waals surface area contributed by atoms with Crippen LogP contribution in [0.3, 0.4) is 0 Å². The Kier molecular flexibility index (Phi) is 5.40. The molecule has 3 rings (SSSR count). The molecule has 0 heterocycles. The normalized spacial score (nSPS) is 13.4. The van der Waals surface area contributed by atoms with Gasteiger partial charge in [-0.25, -0.2) is 0 Å². The molecule has 0 bridgehead atoms. The zero-order valence-corrected chi connectivity index (χ0v) is 18.4. The standard InChI is InChI=1S/C24H26ClO2P/c1-24(2,3)27-23(26)21-17-11-12-18-22(21)28(4,25,19-13-7-5-8-14-19)20-15-9-6-10-16-20/h5-18H,1-4H3. The molecule has 0 aliphatic heterocycles. The molecule has 0 saturated carbocycles. The van der Waals surface area contributed by atoms with Crippen LogP contribution in [0.2, 0.25) is 0 Å². The van der Waals surface area contributed by atoms with Gasteiger partial charge < -0.3 is 0 Å². The van der Waals surface area contributed by atoms with E-state index in [2.05, 4.69) is 6.66 Å². The number of ether oxygens (including phenoxy) is 1. The fraction of sp³-hybridized carbons (Fsp3) is 0.208. The molecule has 0 spiro atoms. The predicted molar refractivity (Wildman–Crippen MR) is 122 cm³/mol. The molecule has 0 amide bonds. The first-order chi connectivity index (χ1) is 13.1. The van der Waals surface area contributed by atoms with Gasteiger partial charge in [-0.05, 0) is 0 Å². The second-order valence-corrected chi connectivity index (χ2v) is 15.0. The van der Waals surface area contributed by atoms with E-state index in [1.54, 1.807) is 0 Å². The molecule has 0 fully saturated rings. The maximum atomic E-state index is 13.1. The molecule has 0 aliphatic carbocycles. The van der Waals surface area contributed by atoms with Crippen molar-refractivity contribution < 1.29 is 9.53 Å². The van der Waals surface area contributed by atoms with Crippen LogP contribution in [-0.4, -0.2) is 18.2 Å². The molecular weight excluding hydrogens is 387 g/mol. The van der Waals surface area contributed by atoms with Gasteiger partial charge in [0.1, 0.15) is 0 Å². The average molecular weight is 413 g/mol. The molecule has 0 unspecified atom stereocenters. The topological polar surface area (TPSA) is 26.3 Å². The Morgan fingerprint density at radius 1 is 0.786 bits per heavy atom. The van der Waals surface area contributed by atoms with Gasteiger partial charge in [-0.3, -0.25) is 0 Å². The number of rotatable bonds is 4. The summed E-state index contributed by atoms with van der Waals surface area (Å²) >= 11 is 7.71. The summed E-state index contributed by atoms with van der Waals surface area (Å²) in [5.74, 6) is -3.75. The van der Waals surface area contributed by atoms with Crippen LogP contribution >= 0.6 is 17.2 Å². The van der Waals surface area contributed by atoms with Gasteiger partial charge >= 0.3 is 172 Å². The van der Waals surface area contributed by atoms with Gasteiger partial charge in [0.25, 0.3) is 0 Å². The van der Waals surface area contributed by atoms with Crippen molar-refractivity contribution in [3.63, 3.8) is 0 Å². The fourth-order valence-electron chi connectivity index (χ4n) is 3.44. The molecule has 28 heavy (non-hydrogen) atoms. The van der Waals surface area contributed by atoms with Crippen LogP contribution in [0.15, 0.2) is 84.9 Å². The van der Waals surface area contributed by atoms with Crippen LogP contribution in [0.1, 0.15) is 31.1 Å². The summed E-state index contributed by atoms with van der Waals surface area (Å²) in [7, 11) is 0. The van der Waals surface area contributed by atoms with E-state index in [0.29, 0.717) is 5.56 Å². The zero-order chi connectivity index (χ0) is 20.4. The SMILES string of the molecule is CC(C)(C)OC(=O)c1ccccc1P(C)(Cl)(c1ccccc1)c1ccccc1. The van der Waals surface area contributed by atoms with E-state index in [1.807, 2.05) is 106 Å². The number of carbonyl (C=O) groups excluding carboxylic acids is 1. The Morgan fingerprint density at radius 2 is 1.21 bits per heavy atom. The van der Waals surface area contributed by atoms with E-state index < -0.39 is 11.6 Å². The minimum atomic E-state index is -3.40. The Hall–Kier alpha value is -2.15. The van der Waals surface area contributed by atoms with E-state index in [1.165, 1.54) is 0 Å². The number of halogens is 1. The molecule has 3 aromatic rings. The van der Waals surface area contributed by atoms with Crippen LogP contribution in [-0.2, 0) is 4.74 Å². The predicted octanol–water partition coefficient (Wildman–Crippen LogP) is 5.26. The van der Waals surface area contributed by atoms with E-state index in [-0.39, 0.29) is 5.97 Å². The van der Waals surface area contributed by atoms with Crippen LogP contribution < -0.4 is 15.9 Å². The Morgan fingerprint density at radius 3 is 1.68 bits per heavy atom. The Balaban J connectivity index is 2.32. The summed E-state index contributed by atoms with van der Waals surface area (Å²) in [5.41, 5.74) is -0.0690. The van der Waals surface area contributed by atoms with Gasteiger partial charge in [-0.2, -0.15) is 0 Å². The number of hydrogen-bond acceptors (Lipinski definition) is 2. The fourth-order valence-corrected chi connectivity index (χ4v) is 8.35. The van der Waals surface area contributed by atoms with Crippen molar-refractivity contribution in [3.05, 3.63) is 90.5 Å². The summed E-state index contributed by atoms with van der Waals surface area (Å²) in [4.78, 5) is 13.1. The molecular formula is C24H26ClO2P. The summed E-state index contributed by atoms with van der Waals surface area (Å²) in [5, 5.41) is 2.84. The number of carbonyl (C=O) groups is 1. The molecule has 0 saturated heterocycles. The van der Waals surface area contributed by atoms with Crippen LogP contribution in [0.5, 0.6) is 0 Å². The van der Waals surface area contributed by atoms with Crippen LogP contribution in [0, 0.1) is 0 Å². The van der Waals surface area contributed by atoms with Gasteiger partial charge in [0.05, 0.1) is 0 Å². The van der Waals surface area contributed by atoms with Gasteiger partial charge in [0.2, 0.25) is 0 Å². The summed E-state index contributed by atoms with van der Waals surface area (Å²) in [6.45, 7) is 7.69. The molecule has 0 aliphatic rings. The first-order valence-electron chi connectivity index (χ1n) is 9.30. The first kappa shape index (κ1) is 20.6. The van der Waals surface area contributed by atoms with Crippen molar-refractivity contribution in [1.82, 2.24) is 0 Å². The summed E-state index contributed by atoms with van der Waals surface area (Å²) < 4.78 is 5.70. The Labute approximate surface area is 172 Å². The third-order valence-corrected chi connectivity index (χ3v) is 11.1. The van der Waals surface area contributed by atoms with Gasteiger partial charge in [-0.15, -0.1) is 0 Å². The molecule has 3 aromatic carbocycles. The van der Waals surface area contributed by atoms with E-state index in [4.69, 9.17) is 16.0 Å². The van der Waals surface area contributed by atoms with Crippen molar-refractivity contribution in [2.75, 3.05) is 6.66 Å². The number of esters is 1. The van der Waals surface area contributed by atoms with Crippen molar-refractivity contribution >= 4 is 39.1 Å². The molecule has 146 valence electrons. The van der Waals surface area contributed by atoms with E-state index in [0.717, 1.165) is 15.9 Å². The van der Waals surface area contributed by atoms with Crippen LogP contribution in [0.25, 0.3) is 0 Å². The third kappa shape index (κ3) is 3.72. The van der Waals surface area contributed by atoms with Crippen molar-refractivity contribution in [3.8, 4) is 0 Å².